The summed E-state index contributed by atoms with van der Waals surface area (Å²) in [5.41, 5.74) is 3.71. The highest BCUT2D eigenvalue weighted by Crippen LogP contribution is 2.34. The summed E-state index contributed by atoms with van der Waals surface area (Å²) in [6.45, 7) is 9.20. The van der Waals surface area contributed by atoms with Crippen molar-refractivity contribution in [2.75, 3.05) is 0 Å². The van der Waals surface area contributed by atoms with E-state index in [2.05, 4.69) is 50.0 Å². The lowest BCUT2D eigenvalue weighted by Crippen LogP contribution is -2.13. The average Bonchev–Trinajstić information content (AvgIpc) is 3.40. The van der Waals surface area contributed by atoms with Crippen molar-refractivity contribution in [3.05, 3.63) is 83.0 Å². The molecule has 0 heterocycles. The van der Waals surface area contributed by atoms with Crippen molar-refractivity contribution >= 4 is 11.6 Å². The van der Waals surface area contributed by atoms with E-state index in [-0.39, 0.29) is 0 Å². The summed E-state index contributed by atoms with van der Waals surface area (Å²) in [6, 6.07) is 18.4. The molecule has 0 aromatic heterocycles. The maximum atomic E-state index is 6.03. The van der Waals surface area contributed by atoms with Crippen LogP contribution in [0.2, 0.25) is 5.02 Å². The van der Waals surface area contributed by atoms with Gasteiger partial charge >= 0.3 is 0 Å². The van der Waals surface area contributed by atoms with Crippen LogP contribution in [0, 0.1) is 5.92 Å². The predicted molar refractivity (Wildman–Crippen MR) is 101 cm³/mol. The molecule has 2 aromatic carbocycles. The molecular formula is C21H26ClN. The van der Waals surface area contributed by atoms with Gasteiger partial charge in [-0.05, 0) is 41.9 Å². The molecule has 1 saturated carbocycles. The van der Waals surface area contributed by atoms with Crippen LogP contribution < -0.4 is 5.32 Å². The topological polar surface area (TPSA) is 12.0 Å². The van der Waals surface area contributed by atoms with E-state index in [1.807, 2.05) is 30.3 Å². The highest BCUT2D eigenvalue weighted by Gasteiger charge is 2.24. The average molecular weight is 328 g/mol. The van der Waals surface area contributed by atoms with Gasteiger partial charge in [0.2, 0.25) is 0 Å². The molecule has 2 aromatic rings. The highest BCUT2D eigenvalue weighted by molar-refractivity contribution is 6.31. The van der Waals surface area contributed by atoms with Crippen LogP contribution in [0.5, 0.6) is 0 Å². The molecule has 0 bridgehead atoms. The standard InChI is InChI=1S/C12H14ClN.C9H12/c1-9(10-6-7-10)14-8-11-4-2-3-5-12(11)13;1-8(2)9-6-4-3-5-7-9/h2-5,10,14H,1,6-8H2;3-8H,1-2H3. The number of nitrogens with one attached hydrogen (secondary N) is 1. The zero-order valence-electron chi connectivity index (χ0n) is 14.1. The first-order valence-electron chi connectivity index (χ1n) is 8.29. The van der Waals surface area contributed by atoms with Crippen molar-refractivity contribution in [1.82, 2.24) is 5.32 Å². The first-order chi connectivity index (χ1) is 11.1. The minimum Gasteiger partial charge on any atom is -0.384 e. The summed E-state index contributed by atoms with van der Waals surface area (Å²) >= 11 is 6.03. The van der Waals surface area contributed by atoms with Crippen LogP contribution in [-0.4, -0.2) is 0 Å². The molecule has 23 heavy (non-hydrogen) atoms. The van der Waals surface area contributed by atoms with Crippen LogP contribution in [0.25, 0.3) is 0 Å². The fourth-order valence-corrected chi connectivity index (χ4v) is 2.47. The summed E-state index contributed by atoms with van der Waals surface area (Å²) in [6.07, 6.45) is 2.57. The fraction of sp³-hybridized carbons (Fsp3) is 0.333. The molecule has 1 aliphatic rings. The van der Waals surface area contributed by atoms with E-state index >= 15 is 0 Å². The fourth-order valence-electron chi connectivity index (χ4n) is 2.26. The molecular weight excluding hydrogens is 302 g/mol. The molecule has 2 heteroatoms. The molecule has 1 aliphatic carbocycles. The van der Waals surface area contributed by atoms with Crippen LogP contribution >= 0.6 is 11.6 Å². The van der Waals surface area contributed by atoms with Crippen LogP contribution in [0.3, 0.4) is 0 Å². The summed E-state index contributed by atoms with van der Waals surface area (Å²) in [7, 11) is 0. The van der Waals surface area contributed by atoms with E-state index in [1.165, 1.54) is 18.4 Å². The van der Waals surface area contributed by atoms with E-state index in [0.29, 0.717) is 11.8 Å². The Kier molecular flexibility index (Phi) is 6.73. The van der Waals surface area contributed by atoms with Gasteiger partial charge in [-0.15, -0.1) is 0 Å². The Morgan fingerprint density at radius 1 is 1.09 bits per heavy atom. The van der Waals surface area contributed by atoms with Gasteiger partial charge in [-0.3, -0.25) is 0 Å². The van der Waals surface area contributed by atoms with E-state index in [4.69, 9.17) is 11.6 Å². The van der Waals surface area contributed by atoms with Crippen LogP contribution in [0.15, 0.2) is 66.9 Å². The molecule has 0 atom stereocenters. The normalized spacial score (nSPS) is 13.2. The second-order valence-corrected chi connectivity index (χ2v) is 6.72. The first-order valence-corrected chi connectivity index (χ1v) is 8.66. The summed E-state index contributed by atoms with van der Waals surface area (Å²) < 4.78 is 0. The minimum absolute atomic E-state index is 0.659. The number of rotatable bonds is 5. The Balaban J connectivity index is 0.000000185. The lowest BCUT2D eigenvalue weighted by molar-refractivity contribution is 0.747. The Morgan fingerprint density at radius 3 is 2.22 bits per heavy atom. The van der Waals surface area contributed by atoms with Crippen LogP contribution in [0.1, 0.15) is 43.7 Å². The lowest BCUT2D eigenvalue weighted by Gasteiger charge is -2.09. The number of benzene rings is 2. The number of hydrogen-bond donors (Lipinski definition) is 1. The maximum absolute atomic E-state index is 6.03. The molecule has 0 spiro atoms. The van der Waals surface area contributed by atoms with Gasteiger partial charge < -0.3 is 5.32 Å². The van der Waals surface area contributed by atoms with Crippen molar-refractivity contribution in [2.45, 2.75) is 39.2 Å². The Morgan fingerprint density at radius 2 is 1.70 bits per heavy atom. The number of allylic oxidation sites excluding steroid dienone is 1. The van der Waals surface area contributed by atoms with E-state index in [1.54, 1.807) is 0 Å². The Hall–Kier alpha value is -1.73. The quantitative estimate of drug-likeness (QED) is 0.693. The summed E-state index contributed by atoms with van der Waals surface area (Å²) in [5, 5.41) is 4.15. The van der Waals surface area contributed by atoms with Gasteiger partial charge in [-0.2, -0.15) is 0 Å². The second kappa shape index (κ2) is 8.79. The summed E-state index contributed by atoms with van der Waals surface area (Å²) in [4.78, 5) is 0. The van der Waals surface area contributed by atoms with E-state index in [9.17, 15) is 0 Å². The molecule has 1 nitrogen and oxygen atoms in total. The van der Waals surface area contributed by atoms with Crippen molar-refractivity contribution in [3.8, 4) is 0 Å². The first kappa shape index (κ1) is 17.6. The van der Waals surface area contributed by atoms with Gasteiger partial charge in [0.25, 0.3) is 0 Å². The minimum atomic E-state index is 0.659. The van der Waals surface area contributed by atoms with Crippen molar-refractivity contribution in [1.29, 1.82) is 0 Å². The summed E-state index contributed by atoms with van der Waals surface area (Å²) in [5.74, 6) is 1.36. The largest absolute Gasteiger partial charge is 0.384 e. The van der Waals surface area contributed by atoms with E-state index in [0.717, 1.165) is 22.8 Å². The molecule has 0 unspecified atom stereocenters. The van der Waals surface area contributed by atoms with Crippen molar-refractivity contribution in [3.63, 3.8) is 0 Å². The van der Waals surface area contributed by atoms with Crippen molar-refractivity contribution < 1.29 is 0 Å². The third-order valence-electron chi connectivity index (χ3n) is 4.00. The Labute approximate surface area is 145 Å². The van der Waals surface area contributed by atoms with Crippen LogP contribution in [-0.2, 0) is 6.54 Å². The smallest absolute Gasteiger partial charge is 0.0455 e. The molecule has 3 rings (SSSR count). The third-order valence-corrected chi connectivity index (χ3v) is 4.37. The molecule has 0 saturated heterocycles. The zero-order valence-corrected chi connectivity index (χ0v) is 14.8. The molecule has 122 valence electrons. The maximum Gasteiger partial charge on any atom is 0.0455 e. The predicted octanol–water partition coefficient (Wildman–Crippen LogP) is 6.16. The highest BCUT2D eigenvalue weighted by atomic mass is 35.5. The SMILES string of the molecule is C=C(NCc1ccccc1Cl)C1CC1.CC(C)c1ccccc1. The van der Waals surface area contributed by atoms with Crippen LogP contribution in [0.4, 0.5) is 0 Å². The Bertz CT molecular complexity index is 615. The van der Waals surface area contributed by atoms with Crippen molar-refractivity contribution in [2.24, 2.45) is 5.92 Å². The van der Waals surface area contributed by atoms with Gasteiger partial charge in [0.05, 0.1) is 0 Å². The van der Waals surface area contributed by atoms with Gasteiger partial charge in [-0.25, -0.2) is 0 Å². The second-order valence-electron chi connectivity index (χ2n) is 6.31. The zero-order chi connectivity index (χ0) is 16.7. The van der Waals surface area contributed by atoms with Gasteiger partial charge in [0.1, 0.15) is 0 Å². The molecule has 1 N–H and O–H groups in total. The van der Waals surface area contributed by atoms with E-state index < -0.39 is 0 Å². The number of hydrogen-bond acceptors (Lipinski definition) is 1. The molecule has 0 amide bonds. The molecule has 0 aliphatic heterocycles. The van der Waals surface area contributed by atoms with Gasteiger partial charge in [0, 0.05) is 17.3 Å². The monoisotopic (exact) mass is 327 g/mol. The molecule has 1 fully saturated rings. The van der Waals surface area contributed by atoms with Gasteiger partial charge in [0.15, 0.2) is 0 Å². The van der Waals surface area contributed by atoms with Gasteiger partial charge in [-0.1, -0.05) is 80.6 Å². The molecule has 0 radical (unpaired) electrons. The lowest BCUT2D eigenvalue weighted by atomic mass is 10.0. The number of halogens is 1. The third kappa shape index (κ3) is 6.11.